The fourth-order valence-corrected chi connectivity index (χ4v) is 3.63. The lowest BCUT2D eigenvalue weighted by atomic mass is 10.0. The molecule has 5 aromatic rings. The average molecular weight is 387 g/mol. The number of imidazole rings is 1. The van der Waals surface area contributed by atoms with Crippen molar-refractivity contribution in [2.75, 3.05) is 7.11 Å². The second-order valence-electron chi connectivity index (χ2n) is 6.74. The molecule has 5 rings (SSSR count). The van der Waals surface area contributed by atoms with Crippen LogP contribution in [0.4, 0.5) is 0 Å². The molecule has 0 fully saturated rings. The van der Waals surface area contributed by atoms with Crippen LogP contribution in [0.15, 0.2) is 54.2 Å². The largest absolute Gasteiger partial charge is 0.496 e. The summed E-state index contributed by atoms with van der Waals surface area (Å²) in [6.07, 6.45) is 10.1. The summed E-state index contributed by atoms with van der Waals surface area (Å²) in [5.74, 6) is 0.685. The Balaban J connectivity index is 1.94. The maximum atomic E-state index is 13.0. The Kier molecular flexibility index (Phi) is 3.70. The third-order valence-corrected chi connectivity index (χ3v) is 5.03. The number of rotatable bonds is 3. The van der Waals surface area contributed by atoms with Gasteiger partial charge < -0.3 is 4.74 Å². The number of benzene rings is 1. The molecular formula is C20H17N7O2. The molecule has 1 aromatic carbocycles. The highest BCUT2D eigenvalue weighted by atomic mass is 16.5. The lowest BCUT2D eigenvalue weighted by molar-refractivity contribution is 0.417. The molecule has 0 aliphatic rings. The Morgan fingerprint density at radius 3 is 2.52 bits per heavy atom. The maximum absolute atomic E-state index is 13.0. The van der Waals surface area contributed by atoms with Crippen molar-refractivity contribution < 1.29 is 4.74 Å². The van der Waals surface area contributed by atoms with Gasteiger partial charge in [0.1, 0.15) is 12.1 Å². The zero-order valence-corrected chi connectivity index (χ0v) is 16.1. The summed E-state index contributed by atoms with van der Waals surface area (Å²) in [6.45, 7) is 0. The first-order valence-electron chi connectivity index (χ1n) is 8.91. The molecule has 0 saturated carbocycles. The average Bonchev–Trinajstić information content (AvgIpc) is 3.29. The van der Waals surface area contributed by atoms with Crippen LogP contribution in [0, 0.1) is 0 Å². The van der Waals surface area contributed by atoms with E-state index in [2.05, 4.69) is 20.1 Å². The van der Waals surface area contributed by atoms with Crippen LogP contribution in [0.1, 0.15) is 0 Å². The molecule has 4 heterocycles. The van der Waals surface area contributed by atoms with E-state index >= 15 is 0 Å². The van der Waals surface area contributed by atoms with Gasteiger partial charge in [-0.2, -0.15) is 5.10 Å². The van der Waals surface area contributed by atoms with E-state index in [0.717, 1.165) is 27.5 Å². The minimum Gasteiger partial charge on any atom is -0.496 e. The summed E-state index contributed by atoms with van der Waals surface area (Å²) in [5, 5.41) is 5.09. The van der Waals surface area contributed by atoms with E-state index in [9.17, 15) is 4.79 Å². The van der Waals surface area contributed by atoms with Crippen LogP contribution in [0.5, 0.6) is 5.75 Å². The fourth-order valence-electron chi connectivity index (χ4n) is 3.63. The van der Waals surface area contributed by atoms with Gasteiger partial charge in [-0.1, -0.05) is 0 Å². The molecule has 0 aliphatic heterocycles. The molecule has 0 spiro atoms. The van der Waals surface area contributed by atoms with Crippen molar-refractivity contribution in [1.82, 2.24) is 33.9 Å². The smallest absolute Gasteiger partial charge is 0.333 e. The van der Waals surface area contributed by atoms with Crippen LogP contribution in [-0.2, 0) is 14.1 Å². The highest BCUT2D eigenvalue weighted by molar-refractivity contribution is 6.05. The molecular weight excluding hydrogens is 370 g/mol. The van der Waals surface area contributed by atoms with Crippen molar-refractivity contribution in [1.29, 1.82) is 0 Å². The van der Waals surface area contributed by atoms with Crippen molar-refractivity contribution >= 4 is 21.9 Å². The lowest BCUT2D eigenvalue weighted by Crippen LogP contribution is -2.21. The molecule has 0 saturated heterocycles. The van der Waals surface area contributed by atoms with Gasteiger partial charge in [0.05, 0.1) is 54.1 Å². The van der Waals surface area contributed by atoms with Crippen LogP contribution in [-0.4, -0.2) is 41.0 Å². The lowest BCUT2D eigenvalue weighted by Gasteiger charge is -2.11. The number of fused-ring (bicyclic) bond motifs is 3. The first kappa shape index (κ1) is 17.1. The normalized spacial score (nSPS) is 11.4. The summed E-state index contributed by atoms with van der Waals surface area (Å²) >= 11 is 0. The molecule has 29 heavy (non-hydrogen) atoms. The number of methoxy groups -OCH3 is 1. The number of hydrogen-bond acceptors (Lipinski definition) is 6. The van der Waals surface area contributed by atoms with Gasteiger partial charge in [0, 0.05) is 42.9 Å². The Bertz CT molecular complexity index is 1430. The first-order valence-corrected chi connectivity index (χ1v) is 8.91. The van der Waals surface area contributed by atoms with E-state index in [-0.39, 0.29) is 5.69 Å². The highest BCUT2D eigenvalue weighted by Crippen LogP contribution is 2.36. The fraction of sp³-hybridized carbons (Fsp3) is 0.150. The Hall–Kier alpha value is -4.01. The van der Waals surface area contributed by atoms with Crippen LogP contribution >= 0.6 is 0 Å². The van der Waals surface area contributed by atoms with Gasteiger partial charge >= 0.3 is 5.69 Å². The van der Waals surface area contributed by atoms with Crippen molar-refractivity contribution in [2.45, 2.75) is 0 Å². The number of aromatic nitrogens is 7. The second kappa shape index (κ2) is 6.26. The quantitative estimate of drug-likeness (QED) is 0.471. The second-order valence-corrected chi connectivity index (χ2v) is 6.74. The number of pyridine rings is 1. The number of aryl methyl sites for hydroxylation is 2. The van der Waals surface area contributed by atoms with Gasteiger partial charge in [-0.15, -0.1) is 0 Å². The molecule has 144 valence electrons. The van der Waals surface area contributed by atoms with Crippen molar-refractivity contribution in [3.8, 4) is 22.6 Å². The molecule has 0 unspecified atom stereocenters. The van der Waals surface area contributed by atoms with E-state index in [1.165, 1.54) is 6.33 Å². The van der Waals surface area contributed by atoms with Gasteiger partial charge in [0.2, 0.25) is 0 Å². The molecule has 0 bridgehead atoms. The van der Waals surface area contributed by atoms with E-state index in [1.54, 1.807) is 52.8 Å². The first-order chi connectivity index (χ1) is 14.1. The van der Waals surface area contributed by atoms with Crippen LogP contribution < -0.4 is 10.4 Å². The molecule has 0 N–H and O–H groups in total. The standard InChI is InChI=1S/C20H17N7O2/c1-25-10-12(6-24-25)14-4-15-16(5-18(14)29-3)23-9-17-19(15)27(20(28)26(17)2)13-7-21-11-22-8-13/h4-11H,1-3H3. The van der Waals surface area contributed by atoms with Gasteiger partial charge in [0.25, 0.3) is 0 Å². The molecule has 0 amide bonds. The van der Waals surface area contributed by atoms with E-state index in [4.69, 9.17) is 4.74 Å². The predicted octanol–water partition coefficient (Wildman–Crippen LogP) is 2.08. The number of hydrogen-bond donors (Lipinski definition) is 0. The minimum absolute atomic E-state index is 0.192. The zero-order valence-electron chi connectivity index (χ0n) is 16.1. The Morgan fingerprint density at radius 1 is 1.03 bits per heavy atom. The van der Waals surface area contributed by atoms with Crippen molar-refractivity contribution in [2.24, 2.45) is 14.1 Å². The third kappa shape index (κ3) is 2.51. The summed E-state index contributed by atoms with van der Waals surface area (Å²) in [4.78, 5) is 25.7. The topological polar surface area (TPSA) is 92.7 Å². The molecule has 4 aromatic heterocycles. The number of ether oxygens (including phenoxy) is 1. The van der Waals surface area contributed by atoms with Gasteiger partial charge in [-0.25, -0.2) is 14.8 Å². The minimum atomic E-state index is -0.192. The van der Waals surface area contributed by atoms with Gasteiger partial charge in [-0.05, 0) is 6.07 Å². The maximum Gasteiger partial charge on any atom is 0.333 e. The highest BCUT2D eigenvalue weighted by Gasteiger charge is 2.19. The number of nitrogens with zero attached hydrogens (tertiary/aromatic N) is 7. The van der Waals surface area contributed by atoms with E-state index < -0.39 is 0 Å². The SMILES string of the molecule is COc1cc2ncc3c(c2cc1-c1cnn(C)c1)n(-c1cncnc1)c(=O)n3C. The Morgan fingerprint density at radius 2 is 1.83 bits per heavy atom. The van der Waals surface area contributed by atoms with Gasteiger partial charge in [0.15, 0.2) is 0 Å². The molecule has 9 nitrogen and oxygen atoms in total. The summed E-state index contributed by atoms with van der Waals surface area (Å²) < 4.78 is 10.5. The van der Waals surface area contributed by atoms with Crippen LogP contribution in [0.2, 0.25) is 0 Å². The third-order valence-electron chi connectivity index (χ3n) is 5.03. The zero-order chi connectivity index (χ0) is 20.1. The molecule has 0 aliphatic carbocycles. The monoisotopic (exact) mass is 387 g/mol. The molecule has 9 heteroatoms. The van der Waals surface area contributed by atoms with Gasteiger partial charge in [-0.3, -0.25) is 18.8 Å². The Labute approximate surface area is 164 Å². The summed E-state index contributed by atoms with van der Waals surface area (Å²) in [5.41, 5.74) is 4.36. The van der Waals surface area contributed by atoms with E-state index in [0.29, 0.717) is 17.0 Å². The summed E-state index contributed by atoms with van der Waals surface area (Å²) in [7, 11) is 5.21. The molecule has 0 atom stereocenters. The molecule has 0 radical (unpaired) electrons. The summed E-state index contributed by atoms with van der Waals surface area (Å²) in [6, 6.07) is 3.86. The van der Waals surface area contributed by atoms with E-state index in [1.807, 2.05) is 25.4 Å². The van der Waals surface area contributed by atoms with Crippen molar-refractivity contribution in [3.63, 3.8) is 0 Å². The predicted molar refractivity (Wildman–Crippen MR) is 108 cm³/mol. The van der Waals surface area contributed by atoms with Crippen molar-refractivity contribution in [3.05, 3.63) is 59.9 Å². The van der Waals surface area contributed by atoms with Crippen LogP contribution in [0.3, 0.4) is 0 Å². The van der Waals surface area contributed by atoms with Crippen LogP contribution in [0.25, 0.3) is 38.8 Å².